The van der Waals surface area contributed by atoms with Gasteiger partial charge in [0.05, 0.1) is 6.10 Å². The van der Waals surface area contributed by atoms with Crippen molar-refractivity contribution in [2.45, 2.75) is 19.1 Å². The monoisotopic (exact) mass is 333 g/mol. The second-order valence-corrected chi connectivity index (χ2v) is 6.32. The molecular weight excluding hydrogens is 314 g/mol. The number of hydrogen-bond donors (Lipinski definition) is 3. The van der Waals surface area contributed by atoms with Gasteiger partial charge in [0.15, 0.2) is 0 Å². The van der Waals surface area contributed by atoms with Crippen LogP contribution in [0.25, 0.3) is 0 Å². The molecule has 0 bridgehead atoms. The number of aliphatic hydroxyl groups excluding tert-OH is 1. The van der Waals surface area contributed by atoms with Crippen LogP contribution < -0.4 is 10.6 Å². The number of aliphatic hydroxyl groups is 1. The maximum absolute atomic E-state index is 11.7. The number of nitrogens with zero attached hydrogens (tertiary/aromatic N) is 3. The lowest BCUT2D eigenvalue weighted by Gasteiger charge is -2.30. The molecule has 0 spiro atoms. The summed E-state index contributed by atoms with van der Waals surface area (Å²) < 4.78 is 0. The van der Waals surface area contributed by atoms with E-state index in [1.54, 1.807) is 5.51 Å². The summed E-state index contributed by atoms with van der Waals surface area (Å²) in [6, 6.07) is 8.00. The molecule has 0 aliphatic carbocycles. The van der Waals surface area contributed by atoms with E-state index >= 15 is 0 Å². The Morgan fingerprint density at radius 2 is 2.22 bits per heavy atom. The largest absolute Gasteiger partial charge is 0.390 e. The maximum atomic E-state index is 11.7. The number of hydrogen-bond acceptors (Lipinski definition) is 6. The van der Waals surface area contributed by atoms with E-state index in [-0.39, 0.29) is 12.6 Å². The number of amides is 2. The summed E-state index contributed by atoms with van der Waals surface area (Å²) in [5, 5.41) is 23.1. The predicted octanol–water partition coefficient (Wildman–Crippen LogP) is 1.08. The third-order valence-electron chi connectivity index (χ3n) is 3.76. The van der Waals surface area contributed by atoms with Gasteiger partial charge in [-0.1, -0.05) is 35.6 Å². The number of benzene rings is 1. The number of carbonyl (C=O) groups is 1. The summed E-state index contributed by atoms with van der Waals surface area (Å²) in [5.41, 5.74) is 4.24. The Morgan fingerprint density at radius 3 is 3.00 bits per heavy atom. The number of urea groups is 1. The molecule has 3 N–H and O–H groups in total. The minimum atomic E-state index is -0.611. The van der Waals surface area contributed by atoms with Crippen molar-refractivity contribution >= 4 is 22.5 Å². The number of anilines is 1. The summed E-state index contributed by atoms with van der Waals surface area (Å²) in [7, 11) is 0. The van der Waals surface area contributed by atoms with Crippen LogP contribution >= 0.6 is 11.3 Å². The summed E-state index contributed by atoms with van der Waals surface area (Å²) in [6.45, 7) is 2.49. The summed E-state index contributed by atoms with van der Waals surface area (Å²) >= 11 is 1.24. The highest BCUT2D eigenvalue weighted by Crippen LogP contribution is 2.18. The molecule has 1 atom stereocenters. The molecule has 3 rings (SSSR count). The second-order valence-electron chi connectivity index (χ2n) is 5.49. The zero-order valence-electron chi connectivity index (χ0n) is 12.6. The van der Waals surface area contributed by atoms with E-state index in [1.807, 2.05) is 6.07 Å². The normalized spacial score (nSPS) is 15.7. The molecule has 0 radical (unpaired) electrons. The van der Waals surface area contributed by atoms with Crippen LogP contribution in [-0.2, 0) is 13.0 Å². The van der Waals surface area contributed by atoms with Crippen molar-refractivity contribution in [2.75, 3.05) is 25.0 Å². The van der Waals surface area contributed by atoms with Gasteiger partial charge in [-0.2, -0.15) is 0 Å². The molecule has 0 unspecified atom stereocenters. The highest BCUT2D eigenvalue weighted by molar-refractivity contribution is 7.13. The Bertz CT molecular complexity index is 649. The van der Waals surface area contributed by atoms with Gasteiger partial charge in [-0.25, -0.2) is 4.79 Å². The predicted molar refractivity (Wildman–Crippen MR) is 88.4 cm³/mol. The standard InChI is InChI=1S/C15H19N5O2S/c21-13(7-16-14(22)18-15-19-17-10-23-15)9-20-6-5-11-3-1-2-4-12(11)8-20/h1-4,10,13,21H,5-9H2,(H2,16,18,19,22)/t13-/m0/s1. The van der Waals surface area contributed by atoms with Gasteiger partial charge in [0.25, 0.3) is 0 Å². The average molecular weight is 333 g/mol. The fraction of sp³-hybridized carbons (Fsp3) is 0.400. The van der Waals surface area contributed by atoms with E-state index in [2.05, 4.69) is 43.9 Å². The molecule has 2 aromatic rings. The summed E-state index contributed by atoms with van der Waals surface area (Å²) in [6.07, 6.45) is 0.383. The molecular formula is C15H19N5O2S. The van der Waals surface area contributed by atoms with Crippen molar-refractivity contribution < 1.29 is 9.90 Å². The van der Waals surface area contributed by atoms with Gasteiger partial charge in [0.1, 0.15) is 5.51 Å². The molecule has 1 aliphatic heterocycles. The number of nitrogens with one attached hydrogen (secondary N) is 2. The lowest BCUT2D eigenvalue weighted by molar-refractivity contribution is 0.106. The van der Waals surface area contributed by atoms with E-state index in [0.717, 1.165) is 19.5 Å². The smallest absolute Gasteiger partial charge is 0.321 e. The highest BCUT2D eigenvalue weighted by Gasteiger charge is 2.18. The number of aromatic nitrogens is 2. The summed E-state index contributed by atoms with van der Waals surface area (Å²) in [4.78, 5) is 13.9. The molecule has 8 heteroatoms. The zero-order chi connectivity index (χ0) is 16.1. The number of fused-ring (bicyclic) bond motifs is 1. The second kappa shape index (κ2) is 7.49. The van der Waals surface area contributed by atoms with E-state index < -0.39 is 6.10 Å². The van der Waals surface area contributed by atoms with Crippen LogP contribution in [0, 0.1) is 0 Å². The Morgan fingerprint density at radius 1 is 1.39 bits per heavy atom. The van der Waals surface area contributed by atoms with Gasteiger partial charge in [-0.3, -0.25) is 10.2 Å². The van der Waals surface area contributed by atoms with Crippen LogP contribution in [0.15, 0.2) is 29.8 Å². The first-order valence-electron chi connectivity index (χ1n) is 7.49. The van der Waals surface area contributed by atoms with Crippen LogP contribution in [0.4, 0.5) is 9.93 Å². The van der Waals surface area contributed by atoms with Crippen molar-refractivity contribution in [3.05, 3.63) is 40.9 Å². The lowest BCUT2D eigenvalue weighted by Crippen LogP contribution is -2.42. The van der Waals surface area contributed by atoms with E-state index in [4.69, 9.17) is 0 Å². The van der Waals surface area contributed by atoms with Crippen LogP contribution in [0.3, 0.4) is 0 Å². The quantitative estimate of drug-likeness (QED) is 0.762. The molecule has 0 saturated carbocycles. The van der Waals surface area contributed by atoms with Crippen molar-refractivity contribution in [3.8, 4) is 0 Å². The Labute approximate surface area is 138 Å². The fourth-order valence-corrected chi connectivity index (χ4v) is 3.09. The highest BCUT2D eigenvalue weighted by atomic mass is 32.1. The van der Waals surface area contributed by atoms with Crippen LogP contribution in [0.1, 0.15) is 11.1 Å². The molecule has 2 heterocycles. The van der Waals surface area contributed by atoms with Gasteiger partial charge in [-0.15, -0.1) is 10.2 Å². The van der Waals surface area contributed by atoms with Gasteiger partial charge in [0.2, 0.25) is 5.13 Å². The molecule has 0 saturated heterocycles. The van der Waals surface area contributed by atoms with Crippen LogP contribution in [0.2, 0.25) is 0 Å². The first-order valence-corrected chi connectivity index (χ1v) is 8.37. The van der Waals surface area contributed by atoms with E-state index in [9.17, 15) is 9.90 Å². The van der Waals surface area contributed by atoms with Crippen molar-refractivity contribution in [1.82, 2.24) is 20.4 Å². The zero-order valence-corrected chi connectivity index (χ0v) is 13.4. The third kappa shape index (κ3) is 4.47. The number of carbonyl (C=O) groups excluding carboxylic acids is 1. The Balaban J connectivity index is 1.41. The molecule has 1 aromatic carbocycles. The minimum Gasteiger partial charge on any atom is -0.390 e. The van der Waals surface area contributed by atoms with Crippen LogP contribution in [0.5, 0.6) is 0 Å². The molecule has 23 heavy (non-hydrogen) atoms. The van der Waals surface area contributed by atoms with Crippen molar-refractivity contribution in [3.63, 3.8) is 0 Å². The SMILES string of the molecule is O=C(NC[C@H](O)CN1CCc2ccccc2C1)Nc1nncs1. The fourth-order valence-electron chi connectivity index (χ4n) is 2.65. The van der Waals surface area contributed by atoms with E-state index in [1.165, 1.54) is 22.5 Å². The maximum Gasteiger partial charge on any atom is 0.321 e. The van der Waals surface area contributed by atoms with Gasteiger partial charge < -0.3 is 10.4 Å². The van der Waals surface area contributed by atoms with Gasteiger partial charge >= 0.3 is 6.03 Å². The first-order chi connectivity index (χ1) is 11.2. The molecule has 7 nitrogen and oxygen atoms in total. The number of β-amino-alcohol motifs (C(OH)–C–C–N with tert-alkyl or cyclic N) is 1. The summed E-state index contributed by atoms with van der Waals surface area (Å²) in [5.74, 6) is 0. The Kier molecular flexibility index (Phi) is 5.16. The lowest BCUT2D eigenvalue weighted by atomic mass is 10.00. The van der Waals surface area contributed by atoms with Crippen molar-refractivity contribution in [1.29, 1.82) is 0 Å². The van der Waals surface area contributed by atoms with E-state index in [0.29, 0.717) is 11.7 Å². The molecule has 1 aliphatic rings. The Hall–Kier alpha value is -2.03. The molecule has 122 valence electrons. The van der Waals surface area contributed by atoms with Gasteiger partial charge in [0, 0.05) is 26.2 Å². The van der Waals surface area contributed by atoms with Gasteiger partial charge in [-0.05, 0) is 17.5 Å². The molecule has 0 fully saturated rings. The minimum absolute atomic E-state index is 0.197. The third-order valence-corrected chi connectivity index (χ3v) is 4.36. The average Bonchev–Trinajstić information content (AvgIpc) is 3.06. The molecule has 2 amide bonds. The van der Waals surface area contributed by atoms with Crippen molar-refractivity contribution in [2.24, 2.45) is 0 Å². The number of rotatable bonds is 5. The van der Waals surface area contributed by atoms with Crippen LogP contribution in [-0.4, -0.2) is 52.0 Å². The first kappa shape index (κ1) is 15.9. The topological polar surface area (TPSA) is 90.4 Å². The molecule has 1 aromatic heterocycles.